The second-order valence-electron chi connectivity index (χ2n) is 5.30. The Morgan fingerprint density at radius 1 is 1.47 bits per heavy atom. The second kappa shape index (κ2) is 5.90. The summed E-state index contributed by atoms with van der Waals surface area (Å²) < 4.78 is 0.816. The molecule has 0 bridgehead atoms. The summed E-state index contributed by atoms with van der Waals surface area (Å²) in [5.74, 6) is 0.596. The molecule has 5 heteroatoms. The van der Waals surface area contributed by atoms with Crippen LogP contribution in [0, 0.1) is 0 Å². The fourth-order valence-corrected chi connectivity index (χ4v) is 2.87. The molecule has 104 valence electrons. The topological polar surface area (TPSA) is 54.0 Å². The quantitative estimate of drug-likeness (QED) is 0.892. The Kier molecular flexibility index (Phi) is 4.45. The summed E-state index contributed by atoms with van der Waals surface area (Å²) in [6.07, 6.45) is 6.18. The van der Waals surface area contributed by atoms with Crippen LogP contribution in [0.2, 0.25) is 0 Å². The maximum Gasteiger partial charge on any atom is 0.255 e. The standard InChI is InChI=1S/C14H20BrN3O/c1-3-16-12-11(8-10(15)9-17-12)13(19)18-14(2)6-4-5-7-14/h8-9H,3-7H2,1-2H3,(H,16,17)(H,18,19). The normalized spacial score (nSPS) is 17.2. The first-order valence-corrected chi connectivity index (χ1v) is 7.55. The number of carbonyl (C=O) groups is 1. The molecule has 0 aromatic carbocycles. The Labute approximate surface area is 122 Å². The molecule has 0 spiro atoms. The molecule has 0 unspecified atom stereocenters. The minimum absolute atomic E-state index is 0.0471. The van der Waals surface area contributed by atoms with Crippen molar-refractivity contribution in [2.75, 3.05) is 11.9 Å². The van der Waals surface area contributed by atoms with Gasteiger partial charge in [0.2, 0.25) is 0 Å². The van der Waals surface area contributed by atoms with Gasteiger partial charge >= 0.3 is 0 Å². The van der Waals surface area contributed by atoms with Gasteiger partial charge in [-0.05, 0) is 48.7 Å². The van der Waals surface area contributed by atoms with Crippen LogP contribution < -0.4 is 10.6 Å². The molecular formula is C14H20BrN3O. The monoisotopic (exact) mass is 325 g/mol. The molecule has 2 N–H and O–H groups in total. The zero-order valence-electron chi connectivity index (χ0n) is 11.4. The molecule has 4 nitrogen and oxygen atoms in total. The lowest BCUT2D eigenvalue weighted by atomic mass is 10.00. The number of nitrogens with one attached hydrogen (secondary N) is 2. The Bertz CT molecular complexity index is 470. The fraction of sp³-hybridized carbons (Fsp3) is 0.571. The van der Waals surface area contributed by atoms with Crippen LogP contribution in [0.5, 0.6) is 0 Å². The molecule has 2 rings (SSSR count). The molecule has 1 saturated carbocycles. The molecule has 0 atom stereocenters. The van der Waals surface area contributed by atoms with E-state index in [1.54, 1.807) is 6.20 Å². The van der Waals surface area contributed by atoms with E-state index in [1.165, 1.54) is 12.8 Å². The van der Waals surface area contributed by atoms with Gasteiger partial charge in [-0.25, -0.2) is 4.98 Å². The van der Waals surface area contributed by atoms with E-state index < -0.39 is 0 Å². The average molecular weight is 326 g/mol. The Morgan fingerprint density at radius 2 is 2.16 bits per heavy atom. The molecule has 1 aromatic rings. The number of amides is 1. The van der Waals surface area contributed by atoms with Crippen molar-refractivity contribution in [1.29, 1.82) is 0 Å². The number of nitrogens with zero attached hydrogens (tertiary/aromatic N) is 1. The Balaban J connectivity index is 2.19. The maximum absolute atomic E-state index is 12.4. The predicted octanol–water partition coefficient (Wildman–Crippen LogP) is 3.34. The summed E-state index contributed by atoms with van der Waals surface area (Å²) >= 11 is 3.37. The predicted molar refractivity (Wildman–Crippen MR) is 80.4 cm³/mol. The van der Waals surface area contributed by atoms with Gasteiger partial charge in [0.15, 0.2) is 0 Å². The van der Waals surface area contributed by atoms with Gasteiger partial charge in [0, 0.05) is 22.8 Å². The summed E-state index contributed by atoms with van der Waals surface area (Å²) in [5, 5.41) is 6.29. The SMILES string of the molecule is CCNc1ncc(Br)cc1C(=O)NC1(C)CCCC1. The smallest absolute Gasteiger partial charge is 0.255 e. The number of anilines is 1. The fourth-order valence-electron chi connectivity index (χ4n) is 2.54. The highest BCUT2D eigenvalue weighted by atomic mass is 79.9. The Hall–Kier alpha value is -1.10. The van der Waals surface area contributed by atoms with E-state index in [9.17, 15) is 4.79 Å². The molecule has 0 aliphatic heterocycles. The number of rotatable bonds is 4. The van der Waals surface area contributed by atoms with Crippen LogP contribution >= 0.6 is 15.9 Å². The number of hydrogen-bond acceptors (Lipinski definition) is 3. The third kappa shape index (κ3) is 3.47. The zero-order chi connectivity index (χ0) is 13.9. The lowest BCUT2D eigenvalue weighted by molar-refractivity contribution is 0.0908. The van der Waals surface area contributed by atoms with Gasteiger partial charge in [-0.3, -0.25) is 4.79 Å². The molecule has 0 radical (unpaired) electrons. The third-order valence-corrected chi connectivity index (χ3v) is 4.00. The second-order valence-corrected chi connectivity index (χ2v) is 6.22. The molecule has 1 aromatic heterocycles. The number of halogens is 1. The summed E-state index contributed by atoms with van der Waals surface area (Å²) in [4.78, 5) is 16.7. The lowest BCUT2D eigenvalue weighted by Gasteiger charge is -2.25. The minimum Gasteiger partial charge on any atom is -0.370 e. The van der Waals surface area contributed by atoms with Gasteiger partial charge in [-0.15, -0.1) is 0 Å². The van der Waals surface area contributed by atoms with E-state index in [0.717, 1.165) is 23.9 Å². The molecular weight excluding hydrogens is 306 g/mol. The van der Waals surface area contributed by atoms with Crippen LogP contribution in [0.25, 0.3) is 0 Å². The van der Waals surface area contributed by atoms with Crippen LogP contribution in [-0.2, 0) is 0 Å². The van der Waals surface area contributed by atoms with Crippen molar-refractivity contribution < 1.29 is 4.79 Å². The van der Waals surface area contributed by atoms with Crippen LogP contribution in [0.4, 0.5) is 5.82 Å². The van der Waals surface area contributed by atoms with Crippen molar-refractivity contribution in [2.24, 2.45) is 0 Å². The molecule has 1 aliphatic carbocycles. The van der Waals surface area contributed by atoms with Crippen molar-refractivity contribution in [3.05, 3.63) is 22.3 Å². The first kappa shape index (κ1) is 14.3. The van der Waals surface area contributed by atoms with Crippen LogP contribution in [0.1, 0.15) is 49.9 Å². The van der Waals surface area contributed by atoms with Crippen molar-refractivity contribution in [2.45, 2.75) is 45.1 Å². The first-order chi connectivity index (χ1) is 9.04. The zero-order valence-corrected chi connectivity index (χ0v) is 13.0. The van der Waals surface area contributed by atoms with E-state index in [1.807, 2.05) is 13.0 Å². The number of pyridine rings is 1. The minimum atomic E-state index is -0.0666. The number of carbonyl (C=O) groups excluding carboxylic acids is 1. The number of aromatic nitrogens is 1. The van der Waals surface area contributed by atoms with Crippen molar-refractivity contribution in [3.8, 4) is 0 Å². The third-order valence-electron chi connectivity index (χ3n) is 3.57. The van der Waals surface area contributed by atoms with Gasteiger partial charge in [-0.2, -0.15) is 0 Å². The van der Waals surface area contributed by atoms with Crippen LogP contribution in [0.3, 0.4) is 0 Å². The summed E-state index contributed by atoms with van der Waals surface area (Å²) in [7, 11) is 0. The highest BCUT2D eigenvalue weighted by molar-refractivity contribution is 9.10. The van der Waals surface area contributed by atoms with Crippen molar-refractivity contribution in [1.82, 2.24) is 10.3 Å². The van der Waals surface area contributed by atoms with Gasteiger partial charge in [0.25, 0.3) is 5.91 Å². The summed E-state index contributed by atoms with van der Waals surface area (Å²) in [6, 6.07) is 1.82. The molecule has 1 aliphatic rings. The average Bonchev–Trinajstić information content (AvgIpc) is 2.78. The van der Waals surface area contributed by atoms with E-state index in [0.29, 0.717) is 11.4 Å². The van der Waals surface area contributed by atoms with E-state index in [-0.39, 0.29) is 11.4 Å². The van der Waals surface area contributed by atoms with Crippen LogP contribution in [-0.4, -0.2) is 23.0 Å². The number of hydrogen-bond donors (Lipinski definition) is 2. The Morgan fingerprint density at radius 3 is 2.79 bits per heavy atom. The molecule has 1 fully saturated rings. The van der Waals surface area contributed by atoms with Crippen molar-refractivity contribution in [3.63, 3.8) is 0 Å². The lowest BCUT2D eigenvalue weighted by Crippen LogP contribution is -2.43. The maximum atomic E-state index is 12.4. The van der Waals surface area contributed by atoms with Gasteiger partial charge in [0.1, 0.15) is 5.82 Å². The van der Waals surface area contributed by atoms with Gasteiger partial charge in [-0.1, -0.05) is 12.8 Å². The van der Waals surface area contributed by atoms with Crippen LogP contribution in [0.15, 0.2) is 16.7 Å². The summed E-state index contributed by atoms with van der Waals surface area (Å²) in [5.41, 5.74) is 0.535. The molecule has 1 heterocycles. The van der Waals surface area contributed by atoms with E-state index in [2.05, 4.69) is 38.5 Å². The van der Waals surface area contributed by atoms with E-state index >= 15 is 0 Å². The summed E-state index contributed by atoms with van der Waals surface area (Å²) in [6.45, 7) is 4.85. The van der Waals surface area contributed by atoms with E-state index in [4.69, 9.17) is 0 Å². The van der Waals surface area contributed by atoms with Gasteiger partial charge < -0.3 is 10.6 Å². The van der Waals surface area contributed by atoms with Gasteiger partial charge in [0.05, 0.1) is 5.56 Å². The van der Waals surface area contributed by atoms with Crippen molar-refractivity contribution >= 4 is 27.7 Å². The molecule has 0 saturated heterocycles. The first-order valence-electron chi connectivity index (χ1n) is 6.76. The molecule has 1 amide bonds. The molecule has 19 heavy (non-hydrogen) atoms. The highest BCUT2D eigenvalue weighted by Crippen LogP contribution is 2.29. The highest BCUT2D eigenvalue weighted by Gasteiger charge is 2.31. The largest absolute Gasteiger partial charge is 0.370 e.